The largest absolute Gasteiger partial charge is 0.451 e. The van der Waals surface area contributed by atoms with Gasteiger partial charge in [-0.3, -0.25) is 28.8 Å². The second-order valence-corrected chi connectivity index (χ2v) is 19.0. The van der Waals surface area contributed by atoms with Crippen molar-refractivity contribution in [3.05, 3.63) is 34.2 Å². The molecule has 1 aliphatic heterocycles. The monoisotopic (exact) mass is 939 g/mol. The van der Waals surface area contributed by atoms with E-state index in [-0.39, 0.29) is 49.9 Å². The molecule has 0 bridgehead atoms. The number of alkyl halides is 3. The number of ether oxygens (including phenoxy) is 1. The number of benzene rings is 1. The second kappa shape index (κ2) is 23.3. The van der Waals surface area contributed by atoms with Gasteiger partial charge in [-0.15, -0.1) is 11.3 Å². The maximum Gasteiger partial charge on any atom is 0.391 e. The number of hydrogen-bond donors (Lipinski definition) is 3. The van der Waals surface area contributed by atoms with Crippen molar-refractivity contribution in [2.24, 2.45) is 17.8 Å². The fourth-order valence-electron chi connectivity index (χ4n) is 7.40. The molecule has 2 aromatic rings. The number of carbonyl (C=O) groups excluding carboxylic acids is 7. The summed E-state index contributed by atoms with van der Waals surface area (Å²) in [7, 11) is 3.77. The predicted molar refractivity (Wildman–Crippen MR) is 235 cm³/mol. The first-order valence-corrected chi connectivity index (χ1v) is 22.5. The minimum absolute atomic E-state index is 0.0499. The highest BCUT2D eigenvalue weighted by Crippen LogP contribution is 2.31. The van der Waals surface area contributed by atoms with Crippen LogP contribution in [0.3, 0.4) is 0 Å². The Hall–Kier alpha value is -4.96. The third-order valence-corrected chi connectivity index (χ3v) is 12.2. The van der Waals surface area contributed by atoms with Crippen LogP contribution < -0.4 is 16.0 Å². The van der Waals surface area contributed by atoms with Crippen LogP contribution in [0.5, 0.6) is 0 Å². The molecule has 0 aliphatic carbocycles. The molecule has 1 fully saturated rings. The smallest absolute Gasteiger partial charge is 0.391 e. The molecule has 1 aliphatic rings. The molecular weight excluding hydrogens is 879 g/mol. The number of esters is 1. The number of thiophene rings is 1. The maximum absolute atomic E-state index is 14.7. The quantitative estimate of drug-likeness (QED) is 0.248. The van der Waals surface area contributed by atoms with E-state index in [4.69, 9.17) is 16.3 Å². The fraction of sp³-hybridized carbons (Fsp3) is 0.636. The minimum atomic E-state index is -5.01. The summed E-state index contributed by atoms with van der Waals surface area (Å²) in [5, 5.41) is 19.9. The third kappa shape index (κ3) is 14.8. The zero-order chi connectivity index (χ0) is 48.4. The van der Waals surface area contributed by atoms with Gasteiger partial charge in [-0.25, -0.2) is 4.79 Å². The van der Waals surface area contributed by atoms with E-state index in [2.05, 4.69) is 10.6 Å². The van der Waals surface area contributed by atoms with E-state index in [9.17, 15) is 52.0 Å². The van der Waals surface area contributed by atoms with E-state index in [1.165, 1.54) is 37.3 Å². The number of hydrogen-bond acceptors (Lipinski definition) is 10. The molecule has 0 saturated carbocycles. The standard InChI is InChI=1S/C44H61ClF3N7O8S/c1-23(2)16-30-40(59)53(8)26(7)43(62)63-35(12-11-15-49)39(58)52-32(21-44(46,47)48)42(61)54(9)33(18-25(5)6)37(56)51-31(17-24(3)4)41(60)55(10)34(38(57)50-30)19-27-22-64-36-14-13-28(45)20-29(27)36/h13-14,20,22-26,30-35H,11-12,16-19,21H2,1-10H3,(H,50,57)(H,51,56)(H,52,58)/t26-,30-,31?,32-,33-,34-,35+/m0/s1. The Morgan fingerprint density at radius 3 is 1.80 bits per heavy atom. The van der Waals surface area contributed by atoms with Gasteiger partial charge in [0, 0.05) is 50.1 Å². The Bertz CT molecular complexity index is 2060. The van der Waals surface area contributed by atoms with E-state index < -0.39 is 103 Å². The van der Waals surface area contributed by atoms with E-state index in [1.807, 2.05) is 30.6 Å². The molecule has 15 nitrogen and oxygen atoms in total. The van der Waals surface area contributed by atoms with Gasteiger partial charge in [-0.1, -0.05) is 53.1 Å². The summed E-state index contributed by atoms with van der Waals surface area (Å²) in [5.41, 5.74) is 0.664. The summed E-state index contributed by atoms with van der Waals surface area (Å²) < 4.78 is 48.6. The van der Waals surface area contributed by atoms with Crippen LogP contribution in [0.25, 0.3) is 10.1 Å². The van der Waals surface area contributed by atoms with Crippen molar-refractivity contribution in [3.63, 3.8) is 0 Å². The maximum atomic E-state index is 14.7. The molecule has 0 radical (unpaired) electrons. The molecule has 2 heterocycles. The lowest BCUT2D eigenvalue weighted by molar-refractivity contribution is -0.166. The number of nitrogens with one attached hydrogen (secondary N) is 3. The Balaban J connectivity index is 2.29. The number of nitriles is 1. The zero-order valence-electron chi connectivity index (χ0n) is 38.0. The number of rotatable bonds is 11. The lowest BCUT2D eigenvalue weighted by Gasteiger charge is -2.35. The number of halogens is 4. The van der Waals surface area contributed by atoms with Gasteiger partial charge < -0.3 is 35.4 Å². The Labute approximate surface area is 381 Å². The van der Waals surface area contributed by atoms with Crippen LogP contribution >= 0.6 is 22.9 Å². The molecular formula is C44H61ClF3N7O8S. The normalized spacial score (nSPS) is 24.5. The van der Waals surface area contributed by atoms with Crippen LogP contribution in [0.4, 0.5) is 13.2 Å². The van der Waals surface area contributed by atoms with Crippen molar-refractivity contribution in [2.75, 3.05) is 21.1 Å². The van der Waals surface area contributed by atoms with E-state index in [1.54, 1.807) is 45.9 Å². The van der Waals surface area contributed by atoms with Gasteiger partial charge in [0.05, 0.1) is 12.5 Å². The van der Waals surface area contributed by atoms with Crippen molar-refractivity contribution >= 4 is 74.4 Å². The molecule has 1 aromatic carbocycles. The topological polar surface area (TPSA) is 198 Å². The Morgan fingerprint density at radius 1 is 0.766 bits per heavy atom. The molecule has 1 aromatic heterocycles. The molecule has 1 unspecified atom stereocenters. The predicted octanol–water partition coefficient (Wildman–Crippen LogP) is 5.37. The van der Waals surface area contributed by atoms with Gasteiger partial charge in [0.25, 0.3) is 5.91 Å². The highest BCUT2D eigenvalue weighted by Gasteiger charge is 2.43. The van der Waals surface area contributed by atoms with Gasteiger partial charge in [-0.2, -0.15) is 18.4 Å². The van der Waals surface area contributed by atoms with Crippen LogP contribution in [0.1, 0.15) is 92.6 Å². The average molecular weight is 941 g/mol. The molecule has 0 spiro atoms. The summed E-state index contributed by atoms with van der Waals surface area (Å²) in [6.45, 7) is 11.9. The second-order valence-electron chi connectivity index (χ2n) is 17.7. The van der Waals surface area contributed by atoms with Crippen molar-refractivity contribution in [1.82, 2.24) is 30.7 Å². The third-order valence-electron chi connectivity index (χ3n) is 11.0. The Morgan fingerprint density at radius 2 is 1.27 bits per heavy atom. The first-order valence-electron chi connectivity index (χ1n) is 21.3. The lowest BCUT2D eigenvalue weighted by atomic mass is 9.97. The molecule has 7 atom stereocenters. The van der Waals surface area contributed by atoms with E-state index in [0.717, 1.165) is 26.9 Å². The first-order chi connectivity index (χ1) is 29.8. The minimum Gasteiger partial charge on any atom is -0.451 e. The summed E-state index contributed by atoms with van der Waals surface area (Å²) >= 11 is 7.77. The highest BCUT2D eigenvalue weighted by molar-refractivity contribution is 7.17. The lowest BCUT2D eigenvalue weighted by Crippen LogP contribution is -2.60. The first kappa shape index (κ1) is 53.4. The van der Waals surface area contributed by atoms with E-state index in [0.29, 0.717) is 10.6 Å². The van der Waals surface area contributed by atoms with Crippen molar-refractivity contribution < 1.29 is 51.5 Å². The summed E-state index contributed by atoms with van der Waals surface area (Å²) in [6, 6.07) is -1.98. The summed E-state index contributed by atoms with van der Waals surface area (Å²) in [4.78, 5) is 102. The Kier molecular flexibility index (Phi) is 19.4. The van der Waals surface area contributed by atoms with Crippen LogP contribution in [0.2, 0.25) is 5.02 Å². The van der Waals surface area contributed by atoms with Gasteiger partial charge >= 0.3 is 12.1 Å². The van der Waals surface area contributed by atoms with Crippen LogP contribution in [-0.4, -0.2) is 126 Å². The molecule has 354 valence electrons. The number of cyclic esters (lactones) is 1. The van der Waals surface area contributed by atoms with Crippen molar-refractivity contribution in [1.29, 1.82) is 5.26 Å². The van der Waals surface area contributed by atoms with Gasteiger partial charge in [0.2, 0.25) is 29.5 Å². The van der Waals surface area contributed by atoms with Crippen LogP contribution in [0.15, 0.2) is 23.6 Å². The van der Waals surface area contributed by atoms with Gasteiger partial charge in [0.1, 0.15) is 36.3 Å². The molecule has 20 heteroatoms. The average Bonchev–Trinajstić information content (AvgIpc) is 3.60. The summed E-state index contributed by atoms with van der Waals surface area (Å²) in [6.07, 6.45) is -9.61. The van der Waals surface area contributed by atoms with Gasteiger partial charge in [-0.05, 0) is 78.5 Å². The van der Waals surface area contributed by atoms with Crippen molar-refractivity contribution in [2.45, 2.75) is 142 Å². The zero-order valence-corrected chi connectivity index (χ0v) is 39.6. The molecule has 3 N–H and O–H groups in total. The number of fused-ring (bicyclic) bond motifs is 1. The van der Waals surface area contributed by atoms with Gasteiger partial charge in [0.15, 0.2) is 6.10 Å². The number of likely N-dealkylation sites (N-methyl/N-ethyl adjacent to an activating group) is 3. The highest BCUT2D eigenvalue weighted by atomic mass is 35.5. The number of amides is 6. The summed E-state index contributed by atoms with van der Waals surface area (Å²) in [5.74, 6) is -7.55. The molecule has 64 heavy (non-hydrogen) atoms. The van der Waals surface area contributed by atoms with Crippen LogP contribution in [-0.2, 0) is 44.7 Å². The number of nitrogens with zero attached hydrogens (tertiary/aromatic N) is 4. The SMILES string of the molecule is CC(C)CC1NC(=O)[C@H](CC(C)C)N(C)C(=O)[C@H](CC(F)(F)F)NC(=O)[C@@H](CCC#N)OC(=O)[C@H](C)N(C)C(=O)[C@H](CC(C)C)NC(=O)[C@H](Cc2csc3ccc(Cl)cc23)N(C)C1=O. The number of carbonyl (C=O) groups is 7. The fourth-order valence-corrected chi connectivity index (χ4v) is 8.53. The van der Waals surface area contributed by atoms with E-state index >= 15 is 0 Å². The molecule has 1 saturated heterocycles. The molecule has 6 amide bonds. The van der Waals surface area contributed by atoms with Crippen molar-refractivity contribution in [3.8, 4) is 6.07 Å². The van der Waals surface area contributed by atoms with Crippen LogP contribution in [0, 0.1) is 29.1 Å². The molecule has 3 rings (SSSR count).